The minimum atomic E-state index is -0.795. The van der Waals surface area contributed by atoms with Crippen molar-refractivity contribution < 1.29 is 23.9 Å². The number of hydrogen-bond donors (Lipinski definition) is 1. The highest BCUT2D eigenvalue weighted by Gasteiger charge is 2.37. The normalized spacial score (nSPS) is 14.9. The molecule has 1 saturated heterocycles. The molecule has 1 fully saturated rings. The zero-order valence-corrected chi connectivity index (χ0v) is 20.1. The zero-order valence-electron chi connectivity index (χ0n) is 18.5. The van der Waals surface area contributed by atoms with Crippen molar-refractivity contribution in [3.63, 3.8) is 0 Å². The summed E-state index contributed by atoms with van der Waals surface area (Å²) < 4.78 is 12.2. The number of aryl methyl sites for hydroxylation is 1. The largest absolute Gasteiger partial charge is 0.497 e. The van der Waals surface area contributed by atoms with Gasteiger partial charge in [-0.1, -0.05) is 51.8 Å². The fraction of sp³-hybridized carbons (Fsp3) is 0.115. The Kier molecular flexibility index (Phi) is 6.79. The van der Waals surface area contributed by atoms with E-state index in [0.29, 0.717) is 22.7 Å². The van der Waals surface area contributed by atoms with E-state index >= 15 is 0 Å². The van der Waals surface area contributed by atoms with Crippen LogP contribution in [0.3, 0.4) is 0 Å². The predicted octanol–water partition coefficient (Wildman–Crippen LogP) is 5.01. The molecule has 4 amide bonds. The number of nitrogens with zero attached hydrogens (tertiary/aromatic N) is 1. The number of amides is 4. The Hall–Kier alpha value is -3.91. The number of barbiturate groups is 1. The van der Waals surface area contributed by atoms with Gasteiger partial charge in [0.25, 0.3) is 11.8 Å². The van der Waals surface area contributed by atoms with E-state index in [9.17, 15) is 14.4 Å². The Bertz CT molecular complexity index is 1300. The van der Waals surface area contributed by atoms with E-state index in [0.717, 1.165) is 20.5 Å². The molecule has 0 aliphatic carbocycles. The monoisotopic (exact) mass is 520 g/mol. The molecule has 0 unspecified atom stereocenters. The van der Waals surface area contributed by atoms with Crippen molar-refractivity contribution >= 4 is 45.5 Å². The molecule has 1 N–H and O–H groups in total. The first kappa shape index (κ1) is 23.3. The first-order chi connectivity index (χ1) is 16.4. The second kappa shape index (κ2) is 9.93. The molecule has 0 bridgehead atoms. The second-order valence-electron chi connectivity index (χ2n) is 7.58. The van der Waals surface area contributed by atoms with Gasteiger partial charge in [0, 0.05) is 21.7 Å². The number of carbonyl (C=O) groups excluding carboxylic acids is 3. The van der Waals surface area contributed by atoms with Crippen LogP contribution in [-0.2, 0) is 16.2 Å². The maximum Gasteiger partial charge on any atom is 0.335 e. The summed E-state index contributed by atoms with van der Waals surface area (Å²) in [6.07, 6.45) is 1.42. The summed E-state index contributed by atoms with van der Waals surface area (Å²) in [5, 5.41) is 2.24. The van der Waals surface area contributed by atoms with Gasteiger partial charge in [-0.25, -0.2) is 9.69 Å². The standard InChI is InChI=1S/C26H21BrN2O5/c1-16-7-10-19(11-8-16)29-25(31)21(24(30)28-26(29)32)13-17-9-12-20(33-2)14-23(17)34-15-18-5-3-4-6-22(18)27/h3-14H,15H2,1-2H3,(H,28,30,32)/b21-13+. The highest BCUT2D eigenvalue weighted by Crippen LogP contribution is 2.30. The first-order valence-corrected chi connectivity index (χ1v) is 11.2. The average molecular weight is 521 g/mol. The van der Waals surface area contributed by atoms with Crippen LogP contribution in [0.5, 0.6) is 11.5 Å². The summed E-state index contributed by atoms with van der Waals surface area (Å²) in [5.41, 5.74) is 2.57. The SMILES string of the molecule is COc1ccc(/C=C2\C(=O)NC(=O)N(c3ccc(C)cc3)C2=O)c(OCc2ccccc2Br)c1. The van der Waals surface area contributed by atoms with Crippen LogP contribution < -0.4 is 19.7 Å². The molecule has 0 spiro atoms. The van der Waals surface area contributed by atoms with Crippen molar-refractivity contribution in [1.29, 1.82) is 0 Å². The van der Waals surface area contributed by atoms with Crippen LogP contribution in [-0.4, -0.2) is 25.0 Å². The Balaban J connectivity index is 1.69. The Labute approximate surface area is 205 Å². The predicted molar refractivity (Wildman–Crippen MR) is 132 cm³/mol. The maximum atomic E-state index is 13.2. The van der Waals surface area contributed by atoms with E-state index in [4.69, 9.17) is 9.47 Å². The van der Waals surface area contributed by atoms with E-state index in [1.807, 2.05) is 31.2 Å². The van der Waals surface area contributed by atoms with Crippen molar-refractivity contribution in [2.24, 2.45) is 0 Å². The third-order valence-corrected chi connectivity index (χ3v) is 6.03. The van der Waals surface area contributed by atoms with Gasteiger partial charge in [0.15, 0.2) is 0 Å². The van der Waals surface area contributed by atoms with Crippen LogP contribution in [0.4, 0.5) is 10.5 Å². The summed E-state index contributed by atoms with van der Waals surface area (Å²) in [6, 6.07) is 18.8. The van der Waals surface area contributed by atoms with Gasteiger partial charge in [0.2, 0.25) is 0 Å². The van der Waals surface area contributed by atoms with Crippen molar-refractivity contribution in [1.82, 2.24) is 5.32 Å². The summed E-state index contributed by atoms with van der Waals surface area (Å²) in [4.78, 5) is 39.2. The van der Waals surface area contributed by atoms with Gasteiger partial charge in [0.05, 0.1) is 12.8 Å². The number of halogens is 1. The van der Waals surface area contributed by atoms with Crippen LogP contribution in [0.25, 0.3) is 6.08 Å². The number of carbonyl (C=O) groups is 3. The third kappa shape index (κ3) is 4.87. The van der Waals surface area contributed by atoms with Crippen LogP contribution in [0.2, 0.25) is 0 Å². The van der Waals surface area contributed by atoms with E-state index in [-0.39, 0.29) is 12.2 Å². The molecular formula is C26H21BrN2O5. The van der Waals surface area contributed by atoms with Gasteiger partial charge in [-0.2, -0.15) is 0 Å². The Morgan fingerprint density at radius 2 is 1.74 bits per heavy atom. The van der Waals surface area contributed by atoms with Gasteiger partial charge in [0.1, 0.15) is 23.7 Å². The summed E-state index contributed by atoms with van der Waals surface area (Å²) >= 11 is 3.50. The highest BCUT2D eigenvalue weighted by atomic mass is 79.9. The third-order valence-electron chi connectivity index (χ3n) is 5.26. The average Bonchev–Trinajstić information content (AvgIpc) is 2.82. The summed E-state index contributed by atoms with van der Waals surface area (Å²) in [7, 11) is 1.54. The van der Waals surface area contributed by atoms with Crippen molar-refractivity contribution in [2.45, 2.75) is 13.5 Å². The molecule has 0 saturated carbocycles. The lowest BCUT2D eigenvalue weighted by molar-refractivity contribution is -0.122. The second-order valence-corrected chi connectivity index (χ2v) is 8.43. The Morgan fingerprint density at radius 3 is 2.44 bits per heavy atom. The molecule has 1 heterocycles. The van der Waals surface area contributed by atoms with Gasteiger partial charge < -0.3 is 9.47 Å². The molecule has 4 rings (SSSR count). The van der Waals surface area contributed by atoms with Crippen LogP contribution in [0, 0.1) is 6.92 Å². The molecular weight excluding hydrogens is 500 g/mol. The molecule has 8 heteroatoms. The van der Waals surface area contributed by atoms with E-state index in [2.05, 4.69) is 21.2 Å². The summed E-state index contributed by atoms with van der Waals surface area (Å²) in [6.45, 7) is 2.15. The lowest BCUT2D eigenvalue weighted by Crippen LogP contribution is -2.54. The molecule has 3 aromatic carbocycles. The van der Waals surface area contributed by atoms with Crippen LogP contribution in [0.1, 0.15) is 16.7 Å². The number of hydrogen-bond acceptors (Lipinski definition) is 5. The topological polar surface area (TPSA) is 84.9 Å². The highest BCUT2D eigenvalue weighted by molar-refractivity contribution is 9.10. The van der Waals surface area contributed by atoms with Crippen molar-refractivity contribution in [2.75, 3.05) is 12.0 Å². The number of benzene rings is 3. The number of urea groups is 1. The lowest BCUT2D eigenvalue weighted by atomic mass is 10.1. The number of anilines is 1. The molecule has 172 valence electrons. The smallest absolute Gasteiger partial charge is 0.335 e. The molecule has 0 radical (unpaired) electrons. The van der Waals surface area contributed by atoms with Gasteiger partial charge >= 0.3 is 6.03 Å². The van der Waals surface area contributed by atoms with Crippen molar-refractivity contribution in [3.05, 3.63) is 93.5 Å². The lowest BCUT2D eigenvalue weighted by Gasteiger charge is -2.26. The molecule has 3 aromatic rings. The quantitative estimate of drug-likeness (QED) is 0.364. The van der Waals surface area contributed by atoms with Crippen molar-refractivity contribution in [3.8, 4) is 11.5 Å². The number of imide groups is 2. The molecule has 0 aromatic heterocycles. The molecule has 7 nitrogen and oxygen atoms in total. The fourth-order valence-corrected chi connectivity index (χ4v) is 3.80. The minimum absolute atomic E-state index is 0.184. The van der Waals surface area contributed by atoms with Gasteiger partial charge in [-0.3, -0.25) is 14.9 Å². The number of rotatable bonds is 6. The molecule has 1 aliphatic rings. The van der Waals surface area contributed by atoms with E-state index in [1.54, 1.807) is 42.5 Å². The van der Waals surface area contributed by atoms with Gasteiger partial charge in [-0.15, -0.1) is 0 Å². The molecule has 0 atom stereocenters. The number of nitrogens with one attached hydrogen (secondary N) is 1. The fourth-order valence-electron chi connectivity index (χ4n) is 3.40. The Morgan fingerprint density at radius 1 is 1.00 bits per heavy atom. The minimum Gasteiger partial charge on any atom is -0.497 e. The van der Waals surface area contributed by atoms with Crippen LogP contribution >= 0.6 is 15.9 Å². The van der Waals surface area contributed by atoms with Gasteiger partial charge in [-0.05, 0) is 43.3 Å². The zero-order chi connectivity index (χ0) is 24.2. The maximum absolute atomic E-state index is 13.2. The van der Waals surface area contributed by atoms with Crippen LogP contribution in [0.15, 0.2) is 76.8 Å². The van der Waals surface area contributed by atoms with E-state index in [1.165, 1.54) is 13.2 Å². The number of ether oxygens (including phenoxy) is 2. The number of methoxy groups -OCH3 is 1. The molecule has 34 heavy (non-hydrogen) atoms. The summed E-state index contributed by atoms with van der Waals surface area (Å²) in [5.74, 6) is -0.516. The van der Waals surface area contributed by atoms with E-state index < -0.39 is 17.8 Å². The molecule has 1 aliphatic heterocycles. The first-order valence-electron chi connectivity index (χ1n) is 10.4.